The second-order valence-electron chi connectivity index (χ2n) is 6.29. The van der Waals surface area contributed by atoms with Crippen LogP contribution < -0.4 is 4.90 Å². The van der Waals surface area contributed by atoms with E-state index in [1.807, 2.05) is 0 Å². The minimum Gasteiger partial charge on any atom is -0.355 e. The summed E-state index contributed by atoms with van der Waals surface area (Å²) < 4.78 is 18.6. The van der Waals surface area contributed by atoms with Gasteiger partial charge in [-0.05, 0) is 54.1 Å². The first-order valence-electron chi connectivity index (χ1n) is 8.80. The van der Waals surface area contributed by atoms with E-state index in [-0.39, 0.29) is 24.0 Å². The highest BCUT2D eigenvalue weighted by Crippen LogP contribution is 2.24. The van der Waals surface area contributed by atoms with Gasteiger partial charge in [0.1, 0.15) is 11.6 Å². The van der Waals surface area contributed by atoms with Gasteiger partial charge in [0.05, 0.1) is 6.54 Å². The number of carbonyl (C=O) groups excluding carboxylic acids is 1. The molecule has 0 spiro atoms. The molecule has 0 aliphatic carbocycles. The van der Waals surface area contributed by atoms with E-state index in [9.17, 15) is 9.18 Å². The van der Waals surface area contributed by atoms with E-state index in [2.05, 4.69) is 10.1 Å². The molecule has 29 heavy (non-hydrogen) atoms. The number of carbonyl (C=O) groups is 1. The first-order valence-corrected chi connectivity index (χ1v) is 9.18. The Morgan fingerprint density at radius 1 is 1.03 bits per heavy atom. The largest absolute Gasteiger partial charge is 0.355 e. The number of halogens is 2. The van der Waals surface area contributed by atoms with E-state index in [1.165, 1.54) is 17.0 Å². The van der Waals surface area contributed by atoms with Gasteiger partial charge in [0.15, 0.2) is 11.5 Å². The van der Waals surface area contributed by atoms with Crippen LogP contribution >= 0.6 is 11.6 Å². The Labute approximate surface area is 171 Å². The fourth-order valence-electron chi connectivity index (χ4n) is 2.81. The second-order valence-corrected chi connectivity index (χ2v) is 6.73. The average molecular weight is 408 g/mol. The Morgan fingerprint density at radius 3 is 2.48 bits per heavy atom. The zero-order valence-corrected chi connectivity index (χ0v) is 15.9. The van der Waals surface area contributed by atoms with Gasteiger partial charge in [-0.25, -0.2) is 9.37 Å². The van der Waals surface area contributed by atoms with Crippen LogP contribution in [-0.4, -0.2) is 16.0 Å². The number of rotatable bonds is 5. The molecule has 4 rings (SSSR count). The monoisotopic (exact) mass is 407 g/mol. The average Bonchev–Trinajstić information content (AvgIpc) is 3.24. The third-order valence-electron chi connectivity index (χ3n) is 4.28. The van der Waals surface area contributed by atoms with Gasteiger partial charge in [-0.3, -0.25) is 9.69 Å². The number of benzene rings is 2. The highest BCUT2D eigenvalue weighted by atomic mass is 35.5. The van der Waals surface area contributed by atoms with E-state index in [4.69, 9.17) is 16.1 Å². The molecule has 4 aromatic rings. The molecule has 2 aromatic heterocycles. The highest BCUT2D eigenvalue weighted by molar-refractivity contribution is 6.30. The van der Waals surface area contributed by atoms with Gasteiger partial charge in [0.2, 0.25) is 0 Å². The van der Waals surface area contributed by atoms with Crippen LogP contribution in [0.15, 0.2) is 83.5 Å². The topological polar surface area (TPSA) is 59.2 Å². The number of aromatic nitrogens is 2. The van der Waals surface area contributed by atoms with Crippen LogP contribution in [0.3, 0.4) is 0 Å². The van der Waals surface area contributed by atoms with Crippen LogP contribution in [0.4, 0.5) is 10.2 Å². The van der Waals surface area contributed by atoms with E-state index < -0.39 is 0 Å². The van der Waals surface area contributed by atoms with Crippen molar-refractivity contribution in [3.05, 3.63) is 101 Å². The Kier molecular flexibility index (Phi) is 5.35. The molecule has 0 unspecified atom stereocenters. The predicted octanol–water partition coefficient (Wildman–Crippen LogP) is 5.38. The molecule has 0 saturated heterocycles. The van der Waals surface area contributed by atoms with Crippen molar-refractivity contribution in [1.29, 1.82) is 0 Å². The van der Waals surface area contributed by atoms with Crippen molar-refractivity contribution in [1.82, 2.24) is 10.1 Å². The van der Waals surface area contributed by atoms with Gasteiger partial charge in [-0.15, -0.1) is 0 Å². The number of nitrogens with zero attached hydrogens (tertiary/aromatic N) is 3. The van der Waals surface area contributed by atoms with E-state index >= 15 is 0 Å². The smallest absolute Gasteiger partial charge is 0.281 e. The Balaban J connectivity index is 1.64. The first kappa shape index (κ1) is 18.8. The van der Waals surface area contributed by atoms with Gasteiger partial charge in [-0.1, -0.05) is 35.0 Å². The second kappa shape index (κ2) is 8.24. The molecule has 0 N–H and O–H groups in total. The molecule has 144 valence electrons. The SMILES string of the molecule is O=C(c1cc(-c2ccc(Cl)cc2)on1)N(Cc1ccc(F)cc1)c1ccccn1. The van der Waals surface area contributed by atoms with Crippen LogP contribution in [0.5, 0.6) is 0 Å². The number of anilines is 1. The van der Waals surface area contributed by atoms with Crippen molar-refractivity contribution < 1.29 is 13.7 Å². The lowest BCUT2D eigenvalue weighted by atomic mass is 10.1. The van der Waals surface area contributed by atoms with Crippen LogP contribution in [0.1, 0.15) is 16.1 Å². The molecule has 7 heteroatoms. The molecule has 0 aliphatic rings. The van der Waals surface area contributed by atoms with Crippen molar-refractivity contribution in [2.24, 2.45) is 0 Å². The maximum absolute atomic E-state index is 13.2. The van der Waals surface area contributed by atoms with E-state index in [0.717, 1.165) is 11.1 Å². The van der Waals surface area contributed by atoms with Crippen LogP contribution in [0.2, 0.25) is 5.02 Å². The standard InChI is InChI=1S/C22H15ClFN3O2/c23-17-8-6-16(7-9-17)20-13-19(26-29-20)22(28)27(21-3-1-2-12-25-21)14-15-4-10-18(24)11-5-15/h1-13H,14H2. The van der Waals surface area contributed by atoms with Gasteiger partial charge >= 0.3 is 0 Å². The Hall–Kier alpha value is -3.51. The number of hydrogen-bond donors (Lipinski definition) is 0. The maximum Gasteiger partial charge on any atom is 0.281 e. The zero-order valence-electron chi connectivity index (χ0n) is 15.1. The normalized spacial score (nSPS) is 10.7. The minimum absolute atomic E-state index is 0.141. The molecular formula is C22H15ClFN3O2. The number of amides is 1. The van der Waals surface area contributed by atoms with Crippen molar-refractivity contribution in [2.45, 2.75) is 6.54 Å². The number of pyridine rings is 1. The molecule has 0 aliphatic heterocycles. The fourth-order valence-corrected chi connectivity index (χ4v) is 2.93. The fraction of sp³-hybridized carbons (Fsp3) is 0.0455. The minimum atomic E-state index is -0.378. The van der Waals surface area contributed by atoms with Crippen LogP contribution in [0.25, 0.3) is 11.3 Å². The first-order chi connectivity index (χ1) is 14.1. The summed E-state index contributed by atoms with van der Waals surface area (Å²) in [5, 5.41) is 4.53. The summed E-state index contributed by atoms with van der Waals surface area (Å²) in [7, 11) is 0. The molecule has 0 atom stereocenters. The summed E-state index contributed by atoms with van der Waals surface area (Å²) >= 11 is 5.91. The molecule has 5 nitrogen and oxygen atoms in total. The predicted molar refractivity (Wildman–Crippen MR) is 108 cm³/mol. The summed E-state index contributed by atoms with van der Waals surface area (Å²) in [6.07, 6.45) is 1.60. The molecule has 0 radical (unpaired) electrons. The van der Waals surface area contributed by atoms with Crippen LogP contribution in [0, 0.1) is 5.82 Å². The third kappa shape index (κ3) is 4.33. The summed E-state index contributed by atoms with van der Waals surface area (Å²) in [4.78, 5) is 18.9. The number of hydrogen-bond acceptors (Lipinski definition) is 4. The quantitative estimate of drug-likeness (QED) is 0.446. The Morgan fingerprint density at radius 2 is 1.79 bits per heavy atom. The lowest BCUT2D eigenvalue weighted by Crippen LogP contribution is -2.31. The van der Waals surface area contributed by atoms with Crippen molar-refractivity contribution >= 4 is 23.3 Å². The van der Waals surface area contributed by atoms with Gasteiger partial charge in [0.25, 0.3) is 5.91 Å². The third-order valence-corrected chi connectivity index (χ3v) is 4.53. The van der Waals surface area contributed by atoms with Gasteiger partial charge in [-0.2, -0.15) is 0 Å². The molecular weight excluding hydrogens is 393 g/mol. The van der Waals surface area contributed by atoms with Gasteiger partial charge in [0, 0.05) is 22.8 Å². The zero-order chi connectivity index (χ0) is 20.2. The van der Waals surface area contributed by atoms with E-state index in [1.54, 1.807) is 66.9 Å². The van der Waals surface area contributed by atoms with Crippen molar-refractivity contribution in [2.75, 3.05) is 4.90 Å². The lowest BCUT2D eigenvalue weighted by Gasteiger charge is -2.20. The molecule has 1 amide bonds. The summed E-state index contributed by atoms with van der Waals surface area (Å²) in [5.74, 6) is 0.191. The molecule has 2 heterocycles. The van der Waals surface area contributed by atoms with Crippen molar-refractivity contribution in [3.63, 3.8) is 0 Å². The maximum atomic E-state index is 13.2. The molecule has 0 fully saturated rings. The summed E-state index contributed by atoms with van der Waals surface area (Å²) in [6.45, 7) is 0.208. The Bertz CT molecular complexity index is 1110. The van der Waals surface area contributed by atoms with Gasteiger partial charge < -0.3 is 4.52 Å². The molecule has 0 saturated carbocycles. The van der Waals surface area contributed by atoms with E-state index in [0.29, 0.717) is 16.6 Å². The molecule has 2 aromatic carbocycles. The lowest BCUT2D eigenvalue weighted by molar-refractivity contribution is 0.0975. The van der Waals surface area contributed by atoms with Crippen LogP contribution in [-0.2, 0) is 6.54 Å². The summed E-state index contributed by atoms with van der Waals surface area (Å²) in [6, 6.07) is 19.8. The summed E-state index contributed by atoms with van der Waals surface area (Å²) in [5.41, 5.74) is 1.65. The molecule has 0 bridgehead atoms. The highest BCUT2D eigenvalue weighted by Gasteiger charge is 2.23. The van der Waals surface area contributed by atoms with Crippen molar-refractivity contribution in [3.8, 4) is 11.3 Å².